The van der Waals surface area contributed by atoms with Gasteiger partial charge >= 0.3 is 5.97 Å². The lowest BCUT2D eigenvalue weighted by atomic mass is 10.1. The summed E-state index contributed by atoms with van der Waals surface area (Å²) in [7, 11) is 1.27. The molecule has 7 nitrogen and oxygen atoms in total. The molecular weight excluding hydrogens is 294 g/mol. The number of anilines is 1. The van der Waals surface area contributed by atoms with Gasteiger partial charge in [-0.05, 0) is 18.2 Å². The zero-order chi connectivity index (χ0) is 16.4. The molecule has 23 heavy (non-hydrogen) atoms. The number of nitriles is 1. The minimum Gasteiger partial charge on any atom is -0.464 e. The smallest absolute Gasteiger partial charge is 0.357 e. The second-order valence-electron chi connectivity index (χ2n) is 4.80. The van der Waals surface area contributed by atoms with Gasteiger partial charge in [-0.15, -0.1) is 0 Å². The van der Waals surface area contributed by atoms with Crippen LogP contribution in [0, 0.1) is 11.3 Å². The molecule has 0 saturated carbocycles. The van der Waals surface area contributed by atoms with Crippen molar-refractivity contribution < 1.29 is 9.53 Å². The first kappa shape index (κ1) is 14.4. The fourth-order valence-corrected chi connectivity index (χ4v) is 2.36. The fourth-order valence-electron chi connectivity index (χ4n) is 2.36. The molecule has 0 bridgehead atoms. The monoisotopic (exact) mass is 307 g/mol. The highest BCUT2D eigenvalue weighted by Crippen LogP contribution is 2.27. The summed E-state index contributed by atoms with van der Waals surface area (Å²) in [5.41, 5.74) is 8.77. The number of methoxy groups -OCH3 is 1. The minimum atomic E-state index is -0.601. The molecule has 0 amide bonds. The number of hydrogen-bond donors (Lipinski definition) is 2. The summed E-state index contributed by atoms with van der Waals surface area (Å²) in [5.74, 6) is -0.601. The summed E-state index contributed by atoms with van der Waals surface area (Å²) in [4.78, 5) is 12.0. The average Bonchev–Trinajstić information content (AvgIpc) is 3.22. The molecule has 2 aromatic heterocycles. The van der Waals surface area contributed by atoms with Crippen molar-refractivity contribution in [1.82, 2.24) is 14.8 Å². The molecule has 0 saturated heterocycles. The summed E-state index contributed by atoms with van der Waals surface area (Å²) < 4.78 is 6.33. The zero-order valence-corrected chi connectivity index (χ0v) is 12.3. The maximum absolute atomic E-state index is 12.0. The number of nitrogens with one attached hydrogen (secondary N) is 1. The van der Waals surface area contributed by atoms with Gasteiger partial charge in [0.2, 0.25) is 0 Å². The first-order chi connectivity index (χ1) is 11.2. The Balaban J connectivity index is 2.18. The lowest BCUT2D eigenvalue weighted by Crippen LogP contribution is -2.11. The minimum absolute atomic E-state index is 0.103. The molecule has 0 aliphatic heterocycles. The molecule has 3 aromatic rings. The van der Waals surface area contributed by atoms with Crippen molar-refractivity contribution in [2.45, 2.75) is 0 Å². The molecule has 0 radical (unpaired) electrons. The molecular formula is C16H13N5O2. The number of hydrogen-bond acceptors (Lipinski definition) is 5. The molecule has 3 N–H and O–H groups in total. The van der Waals surface area contributed by atoms with E-state index in [9.17, 15) is 4.79 Å². The average molecular weight is 307 g/mol. The number of nitrogens with zero attached hydrogens (tertiary/aromatic N) is 3. The molecule has 2 heterocycles. The van der Waals surface area contributed by atoms with Crippen LogP contribution in [-0.2, 0) is 4.74 Å². The van der Waals surface area contributed by atoms with Crippen LogP contribution in [0.5, 0.6) is 0 Å². The molecule has 0 aliphatic rings. The SMILES string of the molecule is COC(=O)c1c(N)c(C#N)cn1-c1cccc(-c2ccn[nH]2)c1. The number of rotatable bonds is 3. The summed E-state index contributed by atoms with van der Waals surface area (Å²) >= 11 is 0. The Kier molecular flexibility index (Phi) is 3.57. The van der Waals surface area contributed by atoms with E-state index in [1.54, 1.807) is 10.8 Å². The number of nitrogen functional groups attached to an aromatic ring is 1. The Morgan fingerprint density at radius 1 is 1.43 bits per heavy atom. The van der Waals surface area contributed by atoms with Gasteiger partial charge in [0.25, 0.3) is 0 Å². The molecule has 0 spiro atoms. The van der Waals surface area contributed by atoms with Crippen LogP contribution in [0.1, 0.15) is 16.1 Å². The van der Waals surface area contributed by atoms with Gasteiger partial charge in [0.15, 0.2) is 5.69 Å². The zero-order valence-electron chi connectivity index (χ0n) is 12.3. The van der Waals surface area contributed by atoms with Gasteiger partial charge in [-0.3, -0.25) is 5.10 Å². The van der Waals surface area contributed by atoms with Gasteiger partial charge < -0.3 is 15.0 Å². The summed E-state index contributed by atoms with van der Waals surface area (Å²) in [6, 6.07) is 11.2. The van der Waals surface area contributed by atoms with E-state index in [0.29, 0.717) is 5.69 Å². The van der Waals surface area contributed by atoms with E-state index in [4.69, 9.17) is 15.7 Å². The maximum Gasteiger partial charge on any atom is 0.357 e. The summed E-state index contributed by atoms with van der Waals surface area (Å²) in [6.45, 7) is 0. The van der Waals surface area contributed by atoms with Crippen LogP contribution >= 0.6 is 0 Å². The van der Waals surface area contributed by atoms with Crippen molar-refractivity contribution in [3.63, 3.8) is 0 Å². The highest BCUT2D eigenvalue weighted by Gasteiger charge is 2.21. The second-order valence-corrected chi connectivity index (χ2v) is 4.80. The highest BCUT2D eigenvalue weighted by molar-refractivity contribution is 5.96. The number of ether oxygens (including phenoxy) is 1. The fraction of sp³-hybridized carbons (Fsp3) is 0.0625. The Morgan fingerprint density at radius 2 is 2.26 bits per heavy atom. The van der Waals surface area contributed by atoms with Crippen LogP contribution in [0.2, 0.25) is 0 Å². The third-order valence-electron chi connectivity index (χ3n) is 3.48. The van der Waals surface area contributed by atoms with Gasteiger partial charge in [0, 0.05) is 23.6 Å². The van der Waals surface area contributed by atoms with Crippen LogP contribution in [0.25, 0.3) is 16.9 Å². The number of carbonyl (C=O) groups excluding carboxylic acids is 1. The number of aromatic amines is 1. The molecule has 0 fully saturated rings. The van der Waals surface area contributed by atoms with Crippen LogP contribution < -0.4 is 5.73 Å². The van der Waals surface area contributed by atoms with Crippen molar-refractivity contribution in [2.75, 3.05) is 12.8 Å². The van der Waals surface area contributed by atoms with Crippen LogP contribution in [0.4, 0.5) is 5.69 Å². The Labute approximate surface area is 131 Å². The van der Waals surface area contributed by atoms with Crippen molar-refractivity contribution in [3.05, 3.63) is 54.0 Å². The maximum atomic E-state index is 12.0. The first-order valence-corrected chi connectivity index (χ1v) is 6.75. The lowest BCUT2D eigenvalue weighted by Gasteiger charge is -2.09. The van der Waals surface area contributed by atoms with E-state index < -0.39 is 5.97 Å². The van der Waals surface area contributed by atoms with Crippen molar-refractivity contribution in [2.24, 2.45) is 0 Å². The van der Waals surface area contributed by atoms with Gasteiger partial charge in [-0.2, -0.15) is 10.4 Å². The van der Waals surface area contributed by atoms with Gasteiger partial charge in [-0.1, -0.05) is 12.1 Å². The number of esters is 1. The molecule has 7 heteroatoms. The third kappa shape index (κ3) is 2.42. The van der Waals surface area contributed by atoms with Crippen molar-refractivity contribution >= 4 is 11.7 Å². The third-order valence-corrected chi connectivity index (χ3v) is 3.48. The molecule has 0 atom stereocenters. The standard InChI is InChI=1S/C16H13N5O2/c1-23-16(22)15-14(18)11(8-17)9-21(15)12-4-2-3-10(7-12)13-5-6-19-20-13/h2-7,9H,18H2,1H3,(H,19,20). The number of H-pyrrole nitrogens is 1. The van der Waals surface area contributed by atoms with Crippen LogP contribution in [-0.4, -0.2) is 27.8 Å². The predicted octanol–water partition coefficient (Wildman–Crippen LogP) is 2.11. The van der Waals surface area contributed by atoms with Crippen LogP contribution in [0.15, 0.2) is 42.7 Å². The topological polar surface area (TPSA) is 110 Å². The highest BCUT2D eigenvalue weighted by atomic mass is 16.5. The van der Waals surface area contributed by atoms with Gasteiger partial charge in [-0.25, -0.2) is 4.79 Å². The first-order valence-electron chi connectivity index (χ1n) is 6.75. The van der Waals surface area contributed by atoms with Crippen LogP contribution in [0.3, 0.4) is 0 Å². The lowest BCUT2D eigenvalue weighted by molar-refractivity contribution is 0.0593. The number of carbonyl (C=O) groups is 1. The van der Waals surface area contributed by atoms with Gasteiger partial charge in [0.05, 0.1) is 24.1 Å². The molecule has 3 rings (SSSR count). The largest absolute Gasteiger partial charge is 0.464 e. The normalized spacial score (nSPS) is 10.3. The molecule has 1 aromatic carbocycles. The number of nitrogens with two attached hydrogens (primary N) is 1. The van der Waals surface area contributed by atoms with Gasteiger partial charge in [0.1, 0.15) is 6.07 Å². The van der Waals surface area contributed by atoms with E-state index in [-0.39, 0.29) is 16.9 Å². The quantitative estimate of drug-likeness (QED) is 0.720. The Hall–Kier alpha value is -3.53. The van der Waals surface area contributed by atoms with E-state index in [1.807, 2.05) is 36.4 Å². The van der Waals surface area contributed by atoms with E-state index >= 15 is 0 Å². The second kappa shape index (κ2) is 5.69. The molecule has 114 valence electrons. The summed E-state index contributed by atoms with van der Waals surface area (Å²) in [5, 5.41) is 16.0. The predicted molar refractivity (Wildman–Crippen MR) is 83.8 cm³/mol. The summed E-state index contributed by atoms with van der Waals surface area (Å²) in [6.07, 6.45) is 3.18. The molecule has 0 unspecified atom stereocenters. The van der Waals surface area contributed by atoms with Crippen molar-refractivity contribution in [3.8, 4) is 23.0 Å². The van der Waals surface area contributed by atoms with E-state index in [0.717, 1.165) is 11.3 Å². The number of benzene rings is 1. The van der Waals surface area contributed by atoms with E-state index in [2.05, 4.69) is 10.2 Å². The Bertz CT molecular complexity index is 903. The number of aromatic nitrogens is 3. The van der Waals surface area contributed by atoms with E-state index in [1.165, 1.54) is 13.3 Å². The molecule has 0 aliphatic carbocycles. The van der Waals surface area contributed by atoms with Crippen molar-refractivity contribution in [1.29, 1.82) is 5.26 Å². The Morgan fingerprint density at radius 3 is 2.91 bits per heavy atom.